The first-order valence-corrected chi connectivity index (χ1v) is 15.8. The number of hydrogen-bond acceptors (Lipinski definition) is 3. The number of hydrogen-bond donors (Lipinski definition) is 1. The predicted molar refractivity (Wildman–Crippen MR) is 139 cm³/mol. The van der Waals surface area contributed by atoms with Crippen LogP contribution in [0.5, 0.6) is 0 Å². The molecule has 4 aliphatic rings. The molecule has 4 aliphatic carbocycles. The van der Waals surface area contributed by atoms with Gasteiger partial charge in [-0.25, -0.2) is 4.57 Å². The van der Waals surface area contributed by atoms with Crippen molar-refractivity contribution in [3.8, 4) is 0 Å². The molecular formula is C29H51O4P. The van der Waals surface area contributed by atoms with Gasteiger partial charge in [-0.05, 0) is 105 Å². The lowest BCUT2D eigenvalue weighted by Gasteiger charge is -2.58. The van der Waals surface area contributed by atoms with E-state index in [4.69, 9.17) is 9.05 Å². The van der Waals surface area contributed by atoms with Crippen molar-refractivity contribution in [2.45, 2.75) is 118 Å². The van der Waals surface area contributed by atoms with Crippen molar-refractivity contribution in [1.82, 2.24) is 0 Å². The van der Waals surface area contributed by atoms with Crippen LogP contribution < -0.4 is 0 Å². The van der Waals surface area contributed by atoms with Crippen molar-refractivity contribution in [1.29, 1.82) is 0 Å². The monoisotopic (exact) mass is 494 g/mol. The highest BCUT2D eigenvalue weighted by Crippen LogP contribution is 2.67. The molecule has 0 aromatic carbocycles. The first-order chi connectivity index (χ1) is 16.0. The molecule has 4 rings (SSSR count). The number of phosphoric acid groups is 1. The van der Waals surface area contributed by atoms with Crippen LogP contribution in [0.15, 0.2) is 11.6 Å². The molecule has 196 valence electrons. The Morgan fingerprint density at radius 1 is 1.09 bits per heavy atom. The van der Waals surface area contributed by atoms with E-state index in [1.807, 2.05) is 0 Å². The fourth-order valence-electron chi connectivity index (χ4n) is 9.12. The topological polar surface area (TPSA) is 55.8 Å². The molecule has 9 atom stereocenters. The molecule has 1 N–H and O–H groups in total. The van der Waals surface area contributed by atoms with Gasteiger partial charge in [0.05, 0.1) is 12.7 Å². The smallest absolute Gasteiger partial charge is 0.302 e. The molecule has 34 heavy (non-hydrogen) atoms. The van der Waals surface area contributed by atoms with Crippen LogP contribution in [0.3, 0.4) is 0 Å². The number of phosphoric ester groups is 1. The third-order valence-corrected chi connectivity index (χ3v) is 12.0. The first-order valence-electron chi connectivity index (χ1n) is 14.4. The third-order valence-electron chi connectivity index (χ3n) is 10.8. The largest absolute Gasteiger partial charge is 0.472 e. The molecule has 4 nitrogen and oxygen atoms in total. The summed E-state index contributed by atoms with van der Waals surface area (Å²) >= 11 is 0. The molecule has 0 radical (unpaired) electrons. The van der Waals surface area contributed by atoms with E-state index in [-0.39, 0.29) is 18.1 Å². The number of rotatable bonds is 9. The minimum absolute atomic E-state index is 0.197. The molecule has 1 unspecified atom stereocenters. The maximum Gasteiger partial charge on any atom is 0.472 e. The molecule has 0 aromatic rings. The summed E-state index contributed by atoms with van der Waals surface area (Å²) in [5.74, 6) is 5.00. The molecule has 0 spiro atoms. The average Bonchev–Trinajstić information content (AvgIpc) is 3.10. The summed E-state index contributed by atoms with van der Waals surface area (Å²) in [4.78, 5) is 9.99. The van der Waals surface area contributed by atoms with Gasteiger partial charge in [-0.2, -0.15) is 0 Å². The highest BCUT2D eigenvalue weighted by atomic mass is 31.2. The zero-order valence-corrected chi connectivity index (χ0v) is 23.6. The van der Waals surface area contributed by atoms with Crippen LogP contribution in [-0.2, 0) is 13.6 Å². The lowest BCUT2D eigenvalue weighted by Crippen LogP contribution is -2.51. The molecule has 0 saturated heterocycles. The fraction of sp³-hybridized carbons (Fsp3) is 0.931. The molecular weight excluding hydrogens is 443 g/mol. The minimum atomic E-state index is -3.94. The van der Waals surface area contributed by atoms with Crippen LogP contribution >= 0.6 is 7.82 Å². The third kappa shape index (κ3) is 5.13. The molecule has 0 aliphatic heterocycles. The molecule has 5 heteroatoms. The zero-order chi connectivity index (χ0) is 24.7. The summed E-state index contributed by atoms with van der Waals surface area (Å²) < 4.78 is 22.7. The lowest BCUT2D eigenvalue weighted by molar-refractivity contribution is -0.0573. The summed E-state index contributed by atoms with van der Waals surface area (Å²) in [5, 5.41) is 0. The van der Waals surface area contributed by atoms with Crippen LogP contribution in [0, 0.1) is 46.3 Å². The standard InChI is InChI=1S/C29H51O4P/c1-7-32-34(30,31)33-23-15-17-28(5)22(19-23)11-12-24-26-14-13-25(21(4)10-8-9-20(2)3)29(26,6)18-16-27(24)28/h11,20-21,23-27H,7-10,12-19H2,1-6H3,(H,30,31)/t21-,23+,24+,25-,26+,27+,28+,29-/m1/s1. The molecule has 3 fully saturated rings. The van der Waals surface area contributed by atoms with Gasteiger partial charge in [0.1, 0.15) is 0 Å². The Hall–Kier alpha value is -0.150. The average molecular weight is 495 g/mol. The Morgan fingerprint density at radius 3 is 2.56 bits per heavy atom. The normalized spacial score (nSPS) is 42.4. The van der Waals surface area contributed by atoms with Crippen molar-refractivity contribution < 1.29 is 18.5 Å². The zero-order valence-electron chi connectivity index (χ0n) is 22.7. The highest BCUT2D eigenvalue weighted by Gasteiger charge is 2.59. The Balaban J connectivity index is 1.44. The Morgan fingerprint density at radius 2 is 1.85 bits per heavy atom. The van der Waals surface area contributed by atoms with Gasteiger partial charge in [0, 0.05) is 0 Å². The van der Waals surface area contributed by atoms with Gasteiger partial charge in [-0.3, -0.25) is 9.05 Å². The fourth-order valence-corrected chi connectivity index (χ4v) is 10.1. The van der Waals surface area contributed by atoms with Gasteiger partial charge in [0.15, 0.2) is 0 Å². The van der Waals surface area contributed by atoms with Gasteiger partial charge in [0.2, 0.25) is 0 Å². The van der Waals surface area contributed by atoms with Gasteiger partial charge < -0.3 is 4.89 Å². The van der Waals surface area contributed by atoms with E-state index < -0.39 is 7.82 Å². The maximum atomic E-state index is 12.2. The predicted octanol–water partition coefficient (Wildman–Crippen LogP) is 8.55. The van der Waals surface area contributed by atoms with Crippen molar-refractivity contribution in [3.05, 3.63) is 11.6 Å². The molecule has 0 bridgehead atoms. The van der Waals surface area contributed by atoms with Crippen molar-refractivity contribution in [2.24, 2.45) is 46.3 Å². The summed E-state index contributed by atoms with van der Waals surface area (Å²) in [5.41, 5.74) is 2.24. The molecule has 0 amide bonds. The SMILES string of the molecule is CCOP(=O)(O)O[C@H]1CC[C@@]2(C)C(=CC[C@H]3[C@@H]4CC[C@H]([C@H](C)CCCC(C)C)[C@@]4(C)CC[C@@H]32)C1. The second-order valence-corrected chi connectivity index (χ2v) is 14.6. The van der Waals surface area contributed by atoms with Gasteiger partial charge in [-0.15, -0.1) is 0 Å². The lowest BCUT2D eigenvalue weighted by atomic mass is 9.47. The van der Waals surface area contributed by atoms with E-state index in [0.29, 0.717) is 5.41 Å². The second kappa shape index (κ2) is 10.3. The maximum absolute atomic E-state index is 12.2. The second-order valence-electron chi connectivity index (χ2n) is 13.1. The van der Waals surface area contributed by atoms with Crippen LogP contribution in [0.4, 0.5) is 0 Å². The summed E-state index contributed by atoms with van der Waals surface area (Å²) in [6.45, 7) is 14.3. The minimum Gasteiger partial charge on any atom is -0.302 e. The van der Waals surface area contributed by atoms with E-state index in [0.717, 1.165) is 54.8 Å². The Bertz CT molecular complexity index is 793. The Labute approximate surface area is 209 Å². The van der Waals surface area contributed by atoms with Crippen LogP contribution in [-0.4, -0.2) is 17.6 Å². The van der Waals surface area contributed by atoms with E-state index >= 15 is 0 Å². The van der Waals surface area contributed by atoms with Crippen LogP contribution in [0.25, 0.3) is 0 Å². The quantitative estimate of drug-likeness (QED) is 0.258. The molecule has 3 saturated carbocycles. The van der Waals surface area contributed by atoms with Crippen molar-refractivity contribution >= 4 is 7.82 Å². The summed E-state index contributed by atoms with van der Waals surface area (Å²) in [7, 11) is -3.94. The highest BCUT2D eigenvalue weighted by molar-refractivity contribution is 7.47. The van der Waals surface area contributed by atoms with E-state index in [1.165, 1.54) is 56.9 Å². The van der Waals surface area contributed by atoms with Gasteiger partial charge in [-0.1, -0.05) is 65.5 Å². The number of fused-ring (bicyclic) bond motifs is 5. The van der Waals surface area contributed by atoms with Crippen molar-refractivity contribution in [2.75, 3.05) is 6.61 Å². The van der Waals surface area contributed by atoms with Crippen LogP contribution in [0.1, 0.15) is 112 Å². The van der Waals surface area contributed by atoms with Gasteiger partial charge >= 0.3 is 7.82 Å². The summed E-state index contributed by atoms with van der Waals surface area (Å²) in [6.07, 6.45) is 16.0. The van der Waals surface area contributed by atoms with E-state index in [1.54, 1.807) is 6.92 Å². The first kappa shape index (κ1) is 26.9. The molecule has 0 heterocycles. The van der Waals surface area contributed by atoms with E-state index in [9.17, 15) is 9.46 Å². The Kier molecular flexibility index (Phi) is 8.16. The van der Waals surface area contributed by atoms with E-state index in [2.05, 4.69) is 40.7 Å². The summed E-state index contributed by atoms with van der Waals surface area (Å²) in [6, 6.07) is 0. The number of allylic oxidation sites excluding steroid dienone is 1. The van der Waals surface area contributed by atoms with Crippen LogP contribution in [0.2, 0.25) is 0 Å². The van der Waals surface area contributed by atoms with Gasteiger partial charge in [0.25, 0.3) is 0 Å². The molecule has 0 aromatic heterocycles. The van der Waals surface area contributed by atoms with Crippen molar-refractivity contribution in [3.63, 3.8) is 0 Å².